The molecule has 0 radical (unpaired) electrons. The van der Waals surface area contributed by atoms with Crippen LogP contribution in [0.3, 0.4) is 0 Å². The summed E-state index contributed by atoms with van der Waals surface area (Å²) in [5.41, 5.74) is 2.54. The number of rotatable bonds is 4. The van der Waals surface area contributed by atoms with Crippen molar-refractivity contribution < 1.29 is 14.9 Å². The third-order valence-corrected chi connectivity index (χ3v) is 2.85. The second-order valence-corrected chi connectivity index (χ2v) is 4.17. The SMILES string of the molecule is OCC#Cc1ccccc1COc1ccccc1CO. The maximum absolute atomic E-state index is 9.26. The molecule has 0 bridgehead atoms. The van der Waals surface area contributed by atoms with Crippen LogP contribution in [0.5, 0.6) is 5.75 Å². The maximum atomic E-state index is 9.26. The van der Waals surface area contributed by atoms with Crippen molar-refractivity contribution in [3.8, 4) is 17.6 Å². The van der Waals surface area contributed by atoms with Crippen molar-refractivity contribution in [2.45, 2.75) is 13.2 Å². The minimum absolute atomic E-state index is 0.0534. The van der Waals surface area contributed by atoms with Crippen molar-refractivity contribution in [1.82, 2.24) is 0 Å². The van der Waals surface area contributed by atoms with E-state index in [1.165, 1.54) is 0 Å². The summed E-state index contributed by atoms with van der Waals surface area (Å²) in [5, 5.41) is 18.0. The first-order valence-electron chi connectivity index (χ1n) is 6.34. The monoisotopic (exact) mass is 268 g/mol. The largest absolute Gasteiger partial charge is 0.488 e. The molecule has 2 rings (SSSR count). The van der Waals surface area contributed by atoms with Gasteiger partial charge in [-0.3, -0.25) is 0 Å². The van der Waals surface area contributed by atoms with E-state index in [1.54, 1.807) is 0 Å². The van der Waals surface area contributed by atoms with Crippen LogP contribution >= 0.6 is 0 Å². The van der Waals surface area contributed by atoms with Crippen LogP contribution < -0.4 is 4.74 Å². The quantitative estimate of drug-likeness (QED) is 0.835. The summed E-state index contributed by atoms with van der Waals surface area (Å²) in [6.07, 6.45) is 0. The zero-order valence-corrected chi connectivity index (χ0v) is 11.0. The molecule has 0 spiro atoms. The highest BCUT2D eigenvalue weighted by Gasteiger charge is 2.04. The molecule has 0 aliphatic carbocycles. The molecule has 3 heteroatoms. The third kappa shape index (κ3) is 3.61. The van der Waals surface area contributed by atoms with Crippen LogP contribution in [0.2, 0.25) is 0 Å². The average Bonchev–Trinajstić information content (AvgIpc) is 2.52. The molecule has 20 heavy (non-hydrogen) atoms. The Morgan fingerprint density at radius 2 is 1.60 bits per heavy atom. The topological polar surface area (TPSA) is 49.7 Å². The van der Waals surface area contributed by atoms with Gasteiger partial charge in [-0.15, -0.1) is 0 Å². The van der Waals surface area contributed by atoms with Crippen molar-refractivity contribution in [1.29, 1.82) is 0 Å². The first kappa shape index (κ1) is 14.1. The normalized spacial score (nSPS) is 9.70. The zero-order chi connectivity index (χ0) is 14.2. The van der Waals surface area contributed by atoms with Gasteiger partial charge in [0, 0.05) is 16.7 Å². The van der Waals surface area contributed by atoms with Gasteiger partial charge >= 0.3 is 0 Å². The first-order valence-corrected chi connectivity index (χ1v) is 6.34. The van der Waals surface area contributed by atoms with Gasteiger partial charge in [0.1, 0.15) is 19.0 Å². The Morgan fingerprint density at radius 1 is 0.900 bits per heavy atom. The molecule has 0 heterocycles. The van der Waals surface area contributed by atoms with Crippen LogP contribution in [0.15, 0.2) is 48.5 Å². The minimum Gasteiger partial charge on any atom is -0.488 e. The average molecular weight is 268 g/mol. The van der Waals surface area contributed by atoms with E-state index < -0.39 is 0 Å². The van der Waals surface area contributed by atoms with E-state index in [-0.39, 0.29) is 13.2 Å². The third-order valence-electron chi connectivity index (χ3n) is 2.85. The lowest BCUT2D eigenvalue weighted by Crippen LogP contribution is -2.00. The van der Waals surface area contributed by atoms with E-state index in [0.717, 1.165) is 16.7 Å². The number of hydrogen-bond acceptors (Lipinski definition) is 3. The Balaban J connectivity index is 2.15. The zero-order valence-electron chi connectivity index (χ0n) is 11.0. The van der Waals surface area contributed by atoms with Crippen LogP contribution in [0.4, 0.5) is 0 Å². The Bertz CT molecular complexity index is 623. The van der Waals surface area contributed by atoms with Gasteiger partial charge in [-0.1, -0.05) is 48.2 Å². The Kier molecular flexibility index (Phi) is 5.19. The molecule has 0 amide bonds. The highest BCUT2D eigenvalue weighted by Crippen LogP contribution is 2.20. The van der Waals surface area contributed by atoms with Crippen molar-refractivity contribution in [3.05, 3.63) is 65.2 Å². The molecule has 0 atom stereocenters. The van der Waals surface area contributed by atoms with E-state index in [9.17, 15) is 5.11 Å². The fraction of sp³-hybridized carbons (Fsp3) is 0.176. The number of hydrogen-bond donors (Lipinski definition) is 2. The van der Waals surface area contributed by atoms with Gasteiger partial charge in [-0.2, -0.15) is 0 Å². The van der Waals surface area contributed by atoms with Crippen molar-refractivity contribution in [2.75, 3.05) is 6.61 Å². The van der Waals surface area contributed by atoms with Crippen LogP contribution in [-0.2, 0) is 13.2 Å². The summed E-state index contributed by atoms with van der Waals surface area (Å²) >= 11 is 0. The molecule has 2 aromatic rings. The first-order chi connectivity index (χ1) is 9.85. The lowest BCUT2D eigenvalue weighted by Gasteiger charge is -2.11. The van der Waals surface area contributed by atoms with Crippen molar-refractivity contribution in [3.63, 3.8) is 0 Å². The number of aliphatic hydroxyl groups is 2. The van der Waals surface area contributed by atoms with E-state index in [4.69, 9.17) is 9.84 Å². The minimum atomic E-state index is -0.164. The highest BCUT2D eigenvalue weighted by atomic mass is 16.5. The molecule has 0 aliphatic rings. The summed E-state index contributed by atoms with van der Waals surface area (Å²) < 4.78 is 5.74. The molecule has 0 aromatic heterocycles. The van der Waals surface area contributed by atoms with Crippen molar-refractivity contribution in [2.24, 2.45) is 0 Å². The fourth-order valence-corrected chi connectivity index (χ4v) is 1.83. The standard InChI is InChI=1S/C17H16O3/c18-11-5-9-14-6-1-2-8-16(14)13-20-17-10-4-3-7-15(17)12-19/h1-4,6-8,10,18-19H,11-13H2. The predicted octanol–water partition coefficient (Wildman–Crippen LogP) is 2.10. The van der Waals surface area contributed by atoms with Crippen LogP contribution in [-0.4, -0.2) is 16.8 Å². The van der Waals surface area contributed by atoms with E-state index >= 15 is 0 Å². The van der Waals surface area contributed by atoms with E-state index in [2.05, 4.69) is 11.8 Å². The highest BCUT2D eigenvalue weighted by molar-refractivity contribution is 5.41. The number of para-hydroxylation sites is 1. The van der Waals surface area contributed by atoms with Crippen LogP contribution in [0.1, 0.15) is 16.7 Å². The Hall–Kier alpha value is -2.28. The lowest BCUT2D eigenvalue weighted by molar-refractivity contribution is 0.259. The molecule has 0 saturated heterocycles. The molecular formula is C17H16O3. The van der Waals surface area contributed by atoms with Gasteiger partial charge in [-0.05, 0) is 12.1 Å². The summed E-state index contributed by atoms with van der Waals surface area (Å²) in [4.78, 5) is 0. The lowest BCUT2D eigenvalue weighted by atomic mass is 10.1. The molecule has 0 saturated carbocycles. The predicted molar refractivity (Wildman–Crippen MR) is 77.1 cm³/mol. The molecule has 3 nitrogen and oxygen atoms in total. The molecule has 0 fully saturated rings. The van der Waals surface area contributed by atoms with Crippen LogP contribution in [0, 0.1) is 11.8 Å². The van der Waals surface area contributed by atoms with Crippen LogP contribution in [0.25, 0.3) is 0 Å². The number of aliphatic hydroxyl groups excluding tert-OH is 2. The van der Waals surface area contributed by atoms with Gasteiger partial charge in [-0.25, -0.2) is 0 Å². The fourth-order valence-electron chi connectivity index (χ4n) is 1.83. The molecule has 2 N–H and O–H groups in total. The summed E-state index contributed by atoms with van der Waals surface area (Å²) in [5.74, 6) is 6.20. The van der Waals surface area contributed by atoms with Gasteiger partial charge in [0.05, 0.1) is 6.61 Å². The van der Waals surface area contributed by atoms with Gasteiger partial charge in [0.25, 0.3) is 0 Å². The Labute approximate surface area is 118 Å². The van der Waals surface area contributed by atoms with Gasteiger partial charge in [0.2, 0.25) is 0 Å². The molecule has 0 aliphatic heterocycles. The Morgan fingerprint density at radius 3 is 2.35 bits per heavy atom. The smallest absolute Gasteiger partial charge is 0.125 e. The number of benzene rings is 2. The second-order valence-electron chi connectivity index (χ2n) is 4.17. The number of ether oxygens (including phenoxy) is 1. The maximum Gasteiger partial charge on any atom is 0.125 e. The summed E-state index contributed by atoms with van der Waals surface area (Å²) in [6.45, 7) is 0.151. The second kappa shape index (κ2) is 7.34. The molecule has 0 unspecified atom stereocenters. The summed E-state index contributed by atoms with van der Waals surface area (Å²) in [6, 6.07) is 15.0. The van der Waals surface area contributed by atoms with Gasteiger partial charge in [0.15, 0.2) is 0 Å². The van der Waals surface area contributed by atoms with Gasteiger partial charge < -0.3 is 14.9 Å². The molecule has 2 aromatic carbocycles. The molecular weight excluding hydrogens is 252 g/mol. The van der Waals surface area contributed by atoms with E-state index in [0.29, 0.717) is 12.4 Å². The van der Waals surface area contributed by atoms with Crippen molar-refractivity contribution >= 4 is 0 Å². The summed E-state index contributed by atoms with van der Waals surface area (Å²) in [7, 11) is 0. The van der Waals surface area contributed by atoms with E-state index in [1.807, 2.05) is 48.5 Å². The molecule has 102 valence electrons.